The molecule has 0 bridgehead atoms. The fraction of sp³-hybridized carbons (Fsp3) is 0.278. The average Bonchev–Trinajstić information content (AvgIpc) is 2.52. The van der Waals surface area contributed by atoms with Gasteiger partial charge in [0.15, 0.2) is 0 Å². The number of nitrogens with zero attached hydrogens (tertiary/aromatic N) is 2. The second kappa shape index (κ2) is 6.92. The van der Waals surface area contributed by atoms with Gasteiger partial charge in [-0.15, -0.1) is 0 Å². The van der Waals surface area contributed by atoms with Crippen LogP contribution in [-0.4, -0.2) is 6.04 Å². The lowest BCUT2D eigenvalue weighted by Gasteiger charge is -2.30. The topological polar surface area (TPSA) is 53.0 Å². The highest BCUT2D eigenvalue weighted by atomic mass is 15.2. The summed E-state index contributed by atoms with van der Waals surface area (Å²) in [6, 6.07) is 18.8. The van der Waals surface area contributed by atoms with Gasteiger partial charge in [-0.3, -0.25) is 0 Å². The number of rotatable bonds is 5. The molecule has 0 heterocycles. The number of nitriles is 1. The normalized spacial score (nSPS) is 10.4. The van der Waals surface area contributed by atoms with Gasteiger partial charge in [-0.1, -0.05) is 36.4 Å². The number of hydrogen-bond donors (Lipinski definition) is 1. The minimum Gasteiger partial charge on any atom is -0.364 e. The average molecular weight is 279 g/mol. The Morgan fingerprint density at radius 2 is 1.81 bits per heavy atom. The number of anilines is 1. The molecular formula is C18H21N3. The molecule has 0 aromatic heterocycles. The molecule has 0 fully saturated rings. The van der Waals surface area contributed by atoms with Gasteiger partial charge < -0.3 is 10.6 Å². The van der Waals surface area contributed by atoms with E-state index in [4.69, 9.17) is 5.73 Å². The number of nitrogens with two attached hydrogens (primary N) is 1. The van der Waals surface area contributed by atoms with E-state index in [1.807, 2.05) is 36.4 Å². The molecule has 0 saturated carbocycles. The standard InChI is InChI=1S/C18H21N3/c1-14(2)21(13-15-6-4-3-5-7-15)18-9-8-16(11-19)10-17(18)12-20/h3-10,14H,11,13,19H2,1-2H3. The van der Waals surface area contributed by atoms with Gasteiger partial charge in [-0.2, -0.15) is 5.26 Å². The summed E-state index contributed by atoms with van der Waals surface area (Å²) < 4.78 is 0. The van der Waals surface area contributed by atoms with Gasteiger partial charge in [0.05, 0.1) is 11.3 Å². The number of benzene rings is 2. The molecule has 0 atom stereocenters. The van der Waals surface area contributed by atoms with Gasteiger partial charge in [0.2, 0.25) is 0 Å². The van der Waals surface area contributed by atoms with Crippen molar-refractivity contribution in [3.8, 4) is 6.07 Å². The van der Waals surface area contributed by atoms with Crippen LogP contribution in [0.5, 0.6) is 0 Å². The molecule has 0 radical (unpaired) electrons. The molecule has 2 aromatic carbocycles. The van der Waals surface area contributed by atoms with Gasteiger partial charge >= 0.3 is 0 Å². The molecule has 0 unspecified atom stereocenters. The van der Waals surface area contributed by atoms with Crippen molar-refractivity contribution in [3.05, 3.63) is 65.2 Å². The predicted octanol–water partition coefficient (Wildman–Crippen LogP) is 3.43. The molecule has 3 heteroatoms. The molecule has 0 aliphatic carbocycles. The first-order valence-electron chi connectivity index (χ1n) is 7.19. The van der Waals surface area contributed by atoms with Crippen molar-refractivity contribution in [1.82, 2.24) is 0 Å². The summed E-state index contributed by atoms with van der Waals surface area (Å²) in [5.74, 6) is 0. The largest absolute Gasteiger partial charge is 0.364 e. The second-order valence-corrected chi connectivity index (χ2v) is 5.37. The highest BCUT2D eigenvalue weighted by Gasteiger charge is 2.15. The van der Waals surface area contributed by atoms with E-state index in [1.165, 1.54) is 5.56 Å². The van der Waals surface area contributed by atoms with E-state index in [0.29, 0.717) is 18.2 Å². The minimum atomic E-state index is 0.307. The van der Waals surface area contributed by atoms with Gasteiger partial charge in [-0.05, 0) is 37.1 Å². The third-order valence-electron chi connectivity index (χ3n) is 3.55. The van der Waals surface area contributed by atoms with Gasteiger partial charge in [0, 0.05) is 19.1 Å². The van der Waals surface area contributed by atoms with Crippen LogP contribution in [0.2, 0.25) is 0 Å². The first-order chi connectivity index (χ1) is 10.2. The zero-order valence-corrected chi connectivity index (χ0v) is 12.6. The van der Waals surface area contributed by atoms with Crippen LogP contribution in [0.25, 0.3) is 0 Å². The zero-order chi connectivity index (χ0) is 15.2. The van der Waals surface area contributed by atoms with Gasteiger partial charge in [-0.25, -0.2) is 0 Å². The molecule has 2 aromatic rings. The van der Waals surface area contributed by atoms with Crippen molar-refractivity contribution in [3.63, 3.8) is 0 Å². The summed E-state index contributed by atoms with van der Waals surface area (Å²) >= 11 is 0. The van der Waals surface area contributed by atoms with E-state index >= 15 is 0 Å². The van der Waals surface area contributed by atoms with Crippen LogP contribution in [0.15, 0.2) is 48.5 Å². The smallest absolute Gasteiger partial charge is 0.101 e. The fourth-order valence-corrected chi connectivity index (χ4v) is 2.38. The molecule has 0 aliphatic heterocycles. The van der Waals surface area contributed by atoms with E-state index in [-0.39, 0.29) is 0 Å². The molecule has 0 saturated heterocycles. The van der Waals surface area contributed by atoms with Gasteiger partial charge in [0.1, 0.15) is 6.07 Å². The Balaban J connectivity index is 2.37. The maximum Gasteiger partial charge on any atom is 0.101 e. The van der Waals surface area contributed by atoms with E-state index < -0.39 is 0 Å². The Hall–Kier alpha value is -2.31. The van der Waals surface area contributed by atoms with Crippen LogP contribution in [-0.2, 0) is 13.1 Å². The van der Waals surface area contributed by atoms with Crippen molar-refractivity contribution in [2.75, 3.05) is 4.90 Å². The summed E-state index contributed by atoms with van der Waals surface area (Å²) in [4.78, 5) is 2.24. The minimum absolute atomic E-state index is 0.307. The summed E-state index contributed by atoms with van der Waals surface area (Å²) in [6.45, 7) is 5.52. The SMILES string of the molecule is CC(C)N(Cc1ccccc1)c1ccc(CN)cc1C#N. The van der Waals surface area contributed by atoms with Crippen molar-refractivity contribution in [1.29, 1.82) is 5.26 Å². The van der Waals surface area contributed by atoms with Crippen LogP contribution in [0.4, 0.5) is 5.69 Å². The Morgan fingerprint density at radius 3 is 2.38 bits per heavy atom. The van der Waals surface area contributed by atoms with Crippen molar-refractivity contribution in [2.24, 2.45) is 5.73 Å². The molecule has 0 spiro atoms. The molecule has 2 N–H and O–H groups in total. The van der Waals surface area contributed by atoms with Crippen LogP contribution in [0, 0.1) is 11.3 Å². The van der Waals surface area contributed by atoms with E-state index in [1.54, 1.807) is 0 Å². The quantitative estimate of drug-likeness (QED) is 0.912. The van der Waals surface area contributed by atoms with Crippen LogP contribution in [0.1, 0.15) is 30.5 Å². The maximum atomic E-state index is 9.42. The predicted molar refractivity (Wildman–Crippen MR) is 86.8 cm³/mol. The molecule has 2 rings (SSSR count). The highest BCUT2D eigenvalue weighted by molar-refractivity contribution is 5.61. The first-order valence-corrected chi connectivity index (χ1v) is 7.19. The van der Waals surface area contributed by atoms with Crippen LogP contribution >= 0.6 is 0 Å². The van der Waals surface area contributed by atoms with Gasteiger partial charge in [0.25, 0.3) is 0 Å². The first kappa shape index (κ1) is 15.1. The molecule has 0 amide bonds. The third-order valence-corrected chi connectivity index (χ3v) is 3.55. The maximum absolute atomic E-state index is 9.42. The lowest BCUT2D eigenvalue weighted by molar-refractivity contribution is 0.681. The van der Waals surface area contributed by atoms with E-state index in [2.05, 4.69) is 36.9 Å². The molecule has 108 valence electrons. The lowest BCUT2D eigenvalue weighted by atomic mass is 10.1. The van der Waals surface area contributed by atoms with E-state index in [9.17, 15) is 5.26 Å². The lowest BCUT2D eigenvalue weighted by Crippen LogP contribution is -2.30. The van der Waals surface area contributed by atoms with Crippen LogP contribution < -0.4 is 10.6 Å². The summed E-state index contributed by atoms with van der Waals surface area (Å²) in [6.07, 6.45) is 0. The summed E-state index contributed by atoms with van der Waals surface area (Å²) in [5, 5.41) is 9.42. The molecular weight excluding hydrogens is 258 g/mol. The number of hydrogen-bond acceptors (Lipinski definition) is 3. The Labute approximate surface area is 126 Å². The highest BCUT2D eigenvalue weighted by Crippen LogP contribution is 2.25. The molecule has 3 nitrogen and oxygen atoms in total. The third kappa shape index (κ3) is 3.62. The van der Waals surface area contributed by atoms with Crippen molar-refractivity contribution in [2.45, 2.75) is 33.0 Å². The second-order valence-electron chi connectivity index (χ2n) is 5.37. The Bertz CT molecular complexity index is 627. The summed E-state index contributed by atoms with van der Waals surface area (Å²) in [5.41, 5.74) is 9.53. The van der Waals surface area contributed by atoms with Crippen molar-refractivity contribution < 1.29 is 0 Å². The van der Waals surface area contributed by atoms with Crippen molar-refractivity contribution >= 4 is 5.69 Å². The Kier molecular flexibility index (Phi) is 4.97. The molecule has 21 heavy (non-hydrogen) atoms. The van der Waals surface area contributed by atoms with E-state index in [0.717, 1.165) is 17.8 Å². The fourth-order valence-electron chi connectivity index (χ4n) is 2.38. The molecule has 0 aliphatic rings. The summed E-state index contributed by atoms with van der Waals surface area (Å²) in [7, 11) is 0. The van der Waals surface area contributed by atoms with Crippen LogP contribution in [0.3, 0.4) is 0 Å². The Morgan fingerprint density at radius 1 is 1.10 bits per heavy atom. The monoisotopic (exact) mass is 279 g/mol. The zero-order valence-electron chi connectivity index (χ0n) is 12.6.